The Balaban J connectivity index is 2.47. The average molecular weight is 346 g/mol. The summed E-state index contributed by atoms with van der Waals surface area (Å²) in [6.07, 6.45) is 0. The fourth-order valence-corrected chi connectivity index (χ4v) is 2.66. The lowest BCUT2D eigenvalue weighted by molar-refractivity contribution is 0.0697. The van der Waals surface area contributed by atoms with E-state index in [9.17, 15) is 9.18 Å². The van der Waals surface area contributed by atoms with Crippen LogP contribution in [0.1, 0.15) is 15.4 Å². The van der Waals surface area contributed by atoms with Crippen molar-refractivity contribution in [1.29, 1.82) is 0 Å². The van der Waals surface area contributed by atoms with Crippen LogP contribution in [-0.2, 0) is 11.3 Å². The summed E-state index contributed by atoms with van der Waals surface area (Å²) in [6, 6.07) is 4.54. The quantitative estimate of drug-likeness (QED) is 0.920. The molecule has 0 saturated heterocycles. The van der Waals surface area contributed by atoms with Crippen LogP contribution >= 0.6 is 27.3 Å². The van der Waals surface area contributed by atoms with E-state index < -0.39 is 11.8 Å². The molecule has 0 amide bonds. The van der Waals surface area contributed by atoms with E-state index in [4.69, 9.17) is 9.84 Å². The van der Waals surface area contributed by atoms with Crippen LogP contribution in [0, 0.1) is 5.82 Å². The molecule has 0 bridgehead atoms. The summed E-state index contributed by atoms with van der Waals surface area (Å²) in [5.74, 6) is -1.48. The lowest BCUT2D eigenvalue weighted by Gasteiger charge is -1.98. The smallest absolute Gasteiger partial charge is 0.347 e. The number of carboxylic acid groups (broad SMARTS) is 1. The zero-order valence-electron chi connectivity index (χ0n) is 9.81. The summed E-state index contributed by atoms with van der Waals surface area (Å²) < 4.78 is 18.7. The summed E-state index contributed by atoms with van der Waals surface area (Å²) in [5, 5.41) is 9.54. The first kappa shape index (κ1) is 14.1. The number of halogens is 2. The third-order valence-electron chi connectivity index (χ3n) is 2.34. The van der Waals surface area contributed by atoms with Crippen LogP contribution in [0.3, 0.4) is 0 Å². The van der Waals surface area contributed by atoms with Crippen molar-refractivity contribution in [2.24, 2.45) is 0 Å². The molecule has 2 rings (SSSR count). The molecule has 100 valence electrons. The van der Waals surface area contributed by atoms with Gasteiger partial charge >= 0.3 is 5.97 Å². The molecule has 0 atom stereocenters. The minimum Gasteiger partial charge on any atom is -0.477 e. The summed E-state index contributed by atoms with van der Waals surface area (Å²) in [6.45, 7) is 0.108. The largest absolute Gasteiger partial charge is 0.477 e. The Hall–Kier alpha value is -1.31. The fourth-order valence-electron chi connectivity index (χ4n) is 1.51. The molecule has 4 nitrogen and oxygen atoms in total. The van der Waals surface area contributed by atoms with E-state index >= 15 is 0 Å². The first-order valence-electron chi connectivity index (χ1n) is 5.20. The van der Waals surface area contributed by atoms with E-state index in [1.165, 1.54) is 13.2 Å². The second-order valence-electron chi connectivity index (χ2n) is 3.66. The third kappa shape index (κ3) is 2.99. The molecule has 0 aliphatic carbocycles. The molecular formula is C12H9BrFNO3S. The lowest BCUT2D eigenvalue weighted by atomic mass is 10.2. The van der Waals surface area contributed by atoms with Gasteiger partial charge in [-0.15, -0.1) is 11.3 Å². The number of carbonyl (C=O) groups is 1. The lowest BCUT2D eigenvalue weighted by Crippen LogP contribution is -1.99. The van der Waals surface area contributed by atoms with E-state index in [0.717, 1.165) is 11.3 Å². The van der Waals surface area contributed by atoms with Crippen LogP contribution in [0.4, 0.5) is 4.39 Å². The number of aromatic carboxylic acids is 1. The number of thiazole rings is 1. The highest BCUT2D eigenvalue weighted by Crippen LogP contribution is 2.30. The number of nitrogens with zero attached hydrogens (tertiary/aromatic N) is 1. The molecule has 0 fully saturated rings. The molecule has 1 heterocycles. The van der Waals surface area contributed by atoms with E-state index in [-0.39, 0.29) is 11.5 Å². The predicted octanol–water partition coefficient (Wildman–Crippen LogP) is 3.56. The number of ether oxygens (including phenoxy) is 1. The fraction of sp³-hybridized carbons (Fsp3) is 0.167. The van der Waals surface area contributed by atoms with Crippen molar-refractivity contribution in [2.45, 2.75) is 6.61 Å². The number of rotatable bonds is 4. The summed E-state index contributed by atoms with van der Waals surface area (Å²) in [4.78, 5) is 15.4. The van der Waals surface area contributed by atoms with E-state index in [1.54, 1.807) is 12.1 Å². The average Bonchev–Trinajstić information content (AvgIpc) is 2.77. The van der Waals surface area contributed by atoms with Crippen LogP contribution in [-0.4, -0.2) is 23.2 Å². The van der Waals surface area contributed by atoms with Crippen molar-refractivity contribution in [1.82, 2.24) is 4.98 Å². The van der Waals surface area contributed by atoms with Crippen molar-refractivity contribution in [3.05, 3.63) is 39.1 Å². The number of methoxy groups -OCH3 is 1. The highest BCUT2D eigenvalue weighted by molar-refractivity contribution is 9.10. The van der Waals surface area contributed by atoms with Crippen molar-refractivity contribution in [3.8, 4) is 10.6 Å². The Kier molecular flexibility index (Phi) is 4.28. The SMILES string of the molecule is COCc1nc(-c2ccc(Br)c(F)c2)sc1C(=O)O. The van der Waals surface area contributed by atoms with Gasteiger partial charge in [-0.3, -0.25) is 0 Å². The number of aromatic nitrogens is 1. The Morgan fingerprint density at radius 2 is 2.32 bits per heavy atom. The molecule has 1 aromatic carbocycles. The van der Waals surface area contributed by atoms with Crippen molar-refractivity contribution in [3.63, 3.8) is 0 Å². The number of carboxylic acids is 1. The van der Waals surface area contributed by atoms with E-state index in [2.05, 4.69) is 20.9 Å². The van der Waals surface area contributed by atoms with Gasteiger partial charge < -0.3 is 9.84 Å². The van der Waals surface area contributed by atoms with Gasteiger partial charge in [0.2, 0.25) is 0 Å². The number of hydrogen-bond donors (Lipinski definition) is 1. The standard InChI is InChI=1S/C12H9BrFNO3S/c1-18-5-9-10(12(16)17)19-11(15-9)6-2-3-7(13)8(14)4-6/h2-4H,5H2,1H3,(H,16,17). The number of hydrogen-bond acceptors (Lipinski definition) is 4. The van der Waals surface area contributed by atoms with Gasteiger partial charge in [0.05, 0.1) is 16.8 Å². The predicted molar refractivity (Wildman–Crippen MR) is 72.9 cm³/mol. The van der Waals surface area contributed by atoms with Gasteiger partial charge in [-0.1, -0.05) is 6.07 Å². The molecule has 1 aromatic heterocycles. The van der Waals surface area contributed by atoms with Gasteiger partial charge in [0.15, 0.2) is 0 Å². The van der Waals surface area contributed by atoms with Gasteiger partial charge in [0.1, 0.15) is 15.7 Å². The highest BCUT2D eigenvalue weighted by Gasteiger charge is 2.18. The third-order valence-corrected chi connectivity index (χ3v) is 4.12. The Bertz CT molecular complexity index is 629. The van der Waals surface area contributed by atoms with Crippen LogP contribution < -0.4 is 0 Å². The Morgan fingerprint density at radius 3 is 2.89 bits per heavy atom. The first-order valence-corrected chi connectivity index (χ1v) is 6.81. The summed E-state index contributed by atoms with van der Waals surface area (Å²) in [5.41, 5.74) is 0.883. The van der Waals surface area contributed by atoms with Crippen LogP contribution in [0.25, 0.3) is 10.6 Å². The zero-order chi connectivity index (χ0) is 14.0. The molecule has 1 N–H and O–H groups in total. The van der Waals surface area contributed by atoms with Gasteiger partial charge in [-0.2, -0.15) is 0 Å². The second kappa shape index (κ2) is 5.77. The maximum absolute atomic E-state index is 13.5. The Morgan fingerprint density at radius 1 is 1.58 bits per heavy atom. The van der Waals surface area contributed by atoms with Crippen LogP contribution in [0.2, 0.25) is 0 Å². The molecule has 7 heteroatoms. The number of benzene rings is 1. The first-order chi connectivity index (χ1) is 9.02. The molecule has 2 aromatic rings. The molecule has 0 saturated carbocycles. The summed E-state index contributed by atoms with van der Waals surface area (Å²) in [7, 11) is 1.46. The molecule has 0 spiro atoms. The van der Waals surface area contributed by atoms with Crippen molar-refractivity contribution < 1.29 is 19.0 Å². The molecule has 0 radical (unpaired) electrons. The zero-order valence-corrected chi connectivity index (χ0v) is 12.2. The molecular weight excluding hydrogens is 337 g/mol. The van der Waals surface area contributed by atoms with Crippen molar-refractivity contribution >= 4 is 33.2 Å². The molecule has 0 aliphatic rings. The van der Waals surface area contributed by atoms with Gasteiger partial charge in [0.25, 0.3) is 0 Å². The molecule has 0 unspecified atom stereocenters. The maximum Gasteiger partial charge on any atom is 0.347 e. The summed E-state index contributed by atoms with van der Waals surface area (Å²) >= 11 is 4.07. The minimum absolute atomic E-state index is 0.108. The van der Waals surface area contributed by atoms with Crippen molar-refractivity contribution in [2.75, 3.05) is 7.11 Å². The van der Waals surface area contributed by atoms with Crippen LogP contribution in [0.15, 0.2) is 22.7 Å². The minimum atomic E-state index is -1.06. The maximum atomic E-state index is 13.5. The van der Waals surface area contributed by atoms with Gasteiger partial charge in [-0.25, -0.2) is 14.2 Å². The van der Waals surface area contributed by atoms with Crippen LogP contribution in [0.5, 0.6) is 0 Å². The second-order valence-corrected chi connectivity index (χ2v) is 5.52. The van der Waals surface area contributed by atoms with Gasteiger partial charge in [-0.05, 0) is 28.1 Å². The van der Waals surface area contributed by atoms with E-state index in [0.29, 0.717) is 20.7 Å². The highest BCUT2D eigenvalue weighted by atomic mass is 79.9. The topological polar surface area (TPSA) is 59.4 Å². The molecule has 0 aliphatic heterocycles. The van der Waals surface area contributed by atoms with E-state index in [1.807, 2.05) is 0 Å². The normalized spacial score (nSPS) is 10.7. The molecule has 19 heavy (non-hydrogen) atoms. The Labute approximate surface area is 121 Å². The van der Waals surface area contributed by atoms with Gasteiger partial charge in [0, 0.05) is 12.7 Å². The monoisotopic (exact) mass is 345 g/mol.